The fourth-order valence-corrected chi connectivity index (χ4v) is 3.12. The highest BCUT2D eigenvalue weighted by Gasteiger charge is 2.16. The van der Waals surface area contributed by atoms with Crippen molar-refractivity contribution in [2.24, 2.45) is 0 Å². The highest BCUT2D eigenvalue weighted by Crippen LogP contribution is 2.17. The number of ether oxygens (including phenoxy) is 1. The van der Waals surface area contributed by atoms with Gasteiger partial charge in [0, 0.05) is 31.4 Å². The topological polar surface area (TPSA) is 27.7 Å². The fourth-order valence-electron chi connectivity index (χ4n) is 3.12. The molecule has 0 unspecified atom stereocenters. The summed E-state index contributed by atoms with van der Waals surface area (Å²) in [4.78, 5) is 4.81. The van der Waals surface area contributed by atoms with Crippen LogP contribution in [0, 0.1) is 0 Å². The number of hydrogen-bond acceptors (Lipinski definition) is 4. The Labute approximate surface area is 128 Å². The van der Waals surface area contributed by atoms with Gasteiger partial charge in [0.15, 0.2) is 0 Å². The highest BCUT2D eigenvalue weighted by atomic mass is 16.5. The Balaban J connectivity index is 1.48. The van der Waals surface area contributed by atoms with Crippen LogP contribution in [0.25, 0.3) is 0 Å². The number of piperidine rings is 1. The molecule has 2 aliphatic rings. The standard InChI is InChI=1S/C17H27N3O/c1-19-8-6-16(7-9-19)18-14-15-2-4-17(5-3-15)20-10-12-21-13-11-20/h2-5,16,18H,6-14H2,1H3. The minimum atomic E-state index is 0.681. The van der Waals surface area contributed by atoms with Crippen molar-refractivity contribution < 1.29 is 4.74 Å². The van der Waals surface area contributed by atoms with Gasteiger partial charge in [-0.25, -0.2) is 0 Å². The summed E-state index contributed by atoms with van der Waals surface area (Å²) in [5, 5.41) is 3.70. The number of nitrogens with one attached hydrogen (secondary N) is 1. The number of hydrogen-bond donors (Lipinski definition) is 1. The molecule has 0 radical (unpaired) electrons. The van der Waals surface area contributed by atoms with Crippen molar-refractivity contribution in [2.75, 3.05) is 51.3 Å². The minimum Gasteiger partial charge on any atom is -0.378 e. The fraction of sp³-hybridized carbons (Fsp3) is 0.647. The monoisotopic (exact) mass is 289 g/mol. The van der Waals surface area contributed by atoms with Crippen LogP contribution in [-0.4, -0.2) is 57.4 Å². The van der Waals surface area contributed by atoms with Crippen molar-refractivity contribution in [3.63, 3.8) is 0 Å². The van der Waals surface area contributed by atoms with Crippen LogP contribution in [0.3, 0.4) is 0 Å². The molecule has 1 aromatic rings. The Kier molecular flexibility index (Phi) is 5.12. The molecule has 4 heteroatoms. The molecule has 21 heavy (non-hydrogen) atoms. The summed E-state index contributed by atoms with van der Waals surface area (Å²) in [7, 11) is 2.21. The summed E-state index contributed by atoms with van der Waals surface area (Å²) in [5.41, 5.74) is 2.70. The van der Waals surface area contributed by atoms with Crippen molar-refractivity contribution in [3.8, 4) is 0 Å². The maximum atomic E-state index is 5.40. The first-order valence-electron chi connectivity index (χ1n) is 8.15. The lowest BCUT2D eigenvalue weighted by Gasteiger charge is -2.30. The summed E-state index contributed by atoms with van der Waals surface area (Å²) in [6.07, 6.45) is 2.53. The number of anilines is 1. The first-order chi connectivity index (χ1) is 10.3. The van der Waals surface area contributed by atoms with Gasteiger partial charge in [-0.15, -0.1) is 0 Å². The quantitative estimate of drug-likeness (QED) is 0.913. The van der Waals surface area contributed by atoms with E-state index >= 15 is 0 Å². The lowest BCUT2D eigenvalue weighted by molar-refractivity contribution is 0.122. The maximum absolute atomic E-state index is 5.40. The largest absolute Gasteiger partial charge is 0.378 e. The van der Waals surface area contributed by atoms with Gasteiger partial charge in [-0.05, 0) is 50.7 Å². The molecule has 2 aliphatic heterocycles. The van der Waals surface area contributed by atoms with Gasteiger partial charge < -0.3 is 19.9 Å². The predicted molar refractivity (Wildman–Crippen MR) is 86.8 cm³/mol. The van der Waals surface area contributed by atoms with E-state index in [0.717, 1.165) is 32.8 Å². The van der Waals surface area contributed by atoms with Gasteiger partial charge in [-0.1, -0.05) is 12.1 Å². The summed E-state index contributed by atoms with van der Waals surface area (Å²) < 4.78 is 5.40. The van der Waals surface area contributed by atoms with E-state index in [1.165, 1.54) is 37.2 Å². The molecule has 0 saturated carbocycles. The van der Waals surface area contributed by atoms with E-state index in [4.69, 9.17) is 4.74 Å². The van der Waals surface area contributed by atoms with Crippen LogP contribution in [0.2, 0.25) is 0 Å². The van der Waals surface area contributed by atoms with E-state index < -0.39 is 0 Å². The summed E-state index contributed by atoms with van der Waals surface area (Å²) in [6, 6.07) is 9.69. The number of nitrogens with zero attached hydrogens (tertiary/aromatic N) is 2. The number of morpholine rings is 1. The molecular weight excluding hydrogens is 262 g/mol. The van der Waals surface area contributed by atoms with Gasteiger partial charge in [-0.3, -0.25) is 0 Å². The molecule has 0 bridgehead atoms. The third kappa shape index (κ3) is 4.19. The van der Waals surface area contributed by atoms with Crippen molar-refractivity contribution >= 4 is 5.69 Å². The van der Waals surface area contributed by atoms with Gasteiger partial charge in [-0.2, -0.15) is 0 Å². The smallest absolute Gasteiger partial charge is 0.0642 e. The molecule has 1 N–H and O–H groups in total. The molecule has 0 atom stereocenters. The summed E-state index contributed by atoms with van der Waals surface area (Å²) in [6.45, 7) is 7.12. The molecule has 0 aliphatic carbocycles. The second-order valence-corrected chi connectivity index (χ2v) is 6.22. The van der Waals surface area contributed by atoms with Gasteiger partial charge in [0.1, 0.15) is 0 Å². The van der Waals surface area contributed by atoms with Crippen LogP contribution in [0.4, 0.5) is 5.69 Å². The van der Waals surface area contributed by atoms with Crippen LogP contribution >= 0.6 is 0 Å². The molecule has 116 valence electrons. The number of benzene rings is 1. The zero-order chi connectivity index (χ0) is 14.5. The normalized spacial score (nSPS) is 21.7. The zero-order valence-corrected chi connectivity index (χ0v) is 13.1. The molecule has 2 fully saturated rings. The van der Waals surface area contributed by atoms with E-state index in [1.54, 1.807) is 0 Å². The van der Waals surface area contributed by atoms with Gasteiger partial charge in [0.25, 0.3) is 0 Å². The number of likely N-dealkylation sites (tertiary alicyclic amines) is 1. The third-order valence-electron chi connectivity index (χ3n) is 4.63. The van der Waals surface area contributed by atoms with E-state index in [9.17, 15) is 0 Å². The Bertz CT molecular complexity index is 420. The SMILES string of the molecule is CN1CCC(NCc2ccc(N3CCOCC3)cc2)CC1. The van der Waals surface area contributed by atoms with E-state index in [1.807, 2.05) is 0 Å². The average Bonchev–Trinajstić information content (AvgIpc) is 2.56. The van der Waals surface area contributed by atoms with Crippen molar-refractivity contribution in [1.29, 1.82) is 0 Å². The average molecular weight is 289 g/mol. The Hall–Kier alpha value is -1.10. The van der Waals surface area contributed by atoms with Crippen LogP contribution in [-0.2, 0) is 11.3 Å². The molecule has 2 saturated heterocycles. The predicted octanol–water partition coefficient (Wildman–Crippen LogP) is 1.71. The summed E-state index contributed by atoms with van der Waals surface area (Å²) in [5.74, 6) is 0. The molecular formula is C17H27N3O. The van der Waals surface area contributed by atoms with Crippen molar-refractivity contribution in [2.45, 2.75) is 25.4 Å². The van der Waals surface area contributed by atoms with Crippen LogP contribution < -0.4 is 10.2 Å². The van der Waals surface area contributed by atoms with E-state index in [0.29, 0.717) is 6.04 Å². The Morgan fingerprint density at radius 1 is 1.05 bits per heavy atom. The second-order valence-electron chi connectivity index (χ2n) is 6.22. The second kappa shape index (κ2) is 7.25. The van der Waals surface area contributed by atoms with Gasteiger partial charge in [0.2, 0.25) is 0 Å². The van der Waals surface area contributed by atoms with Crippen LogP contribution in [0.15, 0.2) is 24.3 Å². The first kappa shape index (κ1) is 14.8. The third-order valence-corrected chi connectivity index (χ3v) is 4.63. The minimum absolute atomic E-state index is 0.681. The molecule has 0 spiro atoms. The Morgan fingerprint density at radius 3 is 2.38 bits per heavy atom. The van der Waals surface area contributed by atoms with Crippen molar-refractivity contribution in [1.82, 2.24) is 10.2 Å². The van der Waals surface area contributed by atoms with E-state index in [2.05, 4.69) is 46.4 Å². The lowest BCUT2D eigenvalue weighted by Crippen LogP contribution is -2.40. The molecule has 0 aromatic heterocycles. The number of rotatable bonds is 4. The lowest BCUT2D eigenvalue weighted by atomic mass is 10.1. The molecule has 1 aromatic carbocycles. The Morgan fingerprint density at radius 2 is 1.71 bits per heavy atom. The maximum Gasteiger partial charge on any atom is 0.0642 e. The van der Waals surface area contributed by atoms with Gasteiger partial charge >= 0.3 is 0 Å². The molecule has 3 rings (SSSR count). The first-order valence-corrected chi connectivity index (χ1v) is 8.15. The zero-order valence-electron chi connectivity index (χ0n) is 13.1. The van der Waals surface area contributed by atoms with Crippen LogP contribution in [0.5, 0.6) is 0 Å². The molecule has 2 heterocycles. The molecule has 4 nitrogen and oxygen atoms in total. The van der Waals surface area contributed by atoms with Crippen LogP contribution in [0.1, 0.15) is 18.4 Å². The highest BCUT2D eigenvalue weighted by molar-refractivity contribution is 5.47. The van der Waals surface area contributed by atoms with Gasteiger partial charge in [0.05, 0.1) is 13.2 Å². The van der Waals surface area contributed by atoms with Crippen molar-refractivity contribution in [3.05, 3.63) is 29.8 Å². The molecule has 0 amide bonds. The van der Waals surface area contributed by atoms with E-state index in [-0.39, 0.29) is 0 Å². The summed E-state index contributed by atoms with van der Waals surface area (Å²) >= 11 is 0.